The van der Waals surface area contributed by atoms with Crippen LogP contribution >= 0.6 is 0 Å². The van der Waals surface area contributed by atoms with Crippen molar-refractivity contribution in [2.24, 2.45) is 0 Å². The first-order valence-electron chi connectivity index (χ1n) is 7.61. The van der Waals surface area contributed by atoms with E-state index in [9.17, 15) is 4.79 Å². The number of carboxylic acid groups (broad SMARTS) is 1. The third-order valence-electron chi connectivity index (χ3n) is 4.57. The van der Waals surface area contributed by atoms with Crippen LogP contribution < -0.4 is 10.8 Å². The average molecular weight is 305 g/mol. The molecule has 1 unspecified atom stereocenters. The van der Waals surface area contributed by atoms with Crippen LogP contribution in [0.2, 0.25) is 0 Å². The third-order valence-corrected chi connectivity index (χ3v) is 4.57. The molecular formula is C16H24BNO4. The van der Waals surface area contributed by atoms with Crippen LogP contribution in [0.4, 0.5) is 4.79 Å². The Morgan fingerprint density at radius 2 is 1.68 bits per heavy atom. The normalized spacial score (nSPS) is 20.7. The highest BCUT2D eigenvalue weighted by Gasteiger charge is 2.51. The van der Waals surface area contributed by atoms with Gasteiger partial charge in [-0.05, 0) is 45.1 Å². The summed E-state index contributed by atoms with van der Waals surface area (Å²) in [6.45, 7) is 10.0. The Bertz CT molecular complexity index is 526. The molecule has 5 nitrogen and oxygen atoms in total. The van der Waals surface area contributed by atoms with E-state index in [1.54, 1.807) is 0 Å². The van der Waals surface area contributed by atoms with Gasteiger partial charge in [0.15, 0.2) is 0 Å². The second kappa shape index (κ2) is 5.93. The summed E-state index contributed by atoms with van der Waals surface area (Å²) in [6.07, 6.45) is -0.316. The van der Waals surface area contributed by atoms with E-state index in [2.05, 4.69) is 5.32 Å². The molecule has 0 aromatic heterocycles. The lowest BCUT2D eigenvalue weighted by atomic mass is 9.78. The number of amides is 1. The molecule has 1 amide bonds. The number of rotatable bonds is 4. The summed E-state index contributed by atoms with van der Waals surface area (Å²) in [4.78, 5) is 10.8. The van der Waals surface area contributed by atoms with Gasteiger partial charge in [-0.2, -0.15) is 0 Å². The van der Waals surface area contributed by atoms with Crippen molar-refractivity contribution in [1.29, 1.82) is 0 Å². The summed E-state index contributed by atoms with van der Waals surface area (Å²) in [5, 5.41) is 11.4. The van der Waals surface area contributed by atoms with Crippen molar-refractivity contribution < 1.29 is 19.2 Å². The summed E-state index contributed by atoms with van der Waals surface area (Å²) < 4.78 is 12.0. The van der Waals surface area contributed by atoms with Gasteiger partial charge in [-0.15, -0.1) is 0 Å². The van der Waals surface area contributed by atoms with Gasteiger partial charge in [0, 0.05) is 0 Å². The highest BCUT2D eigenvalue weighted by Crippen LogP contribution is 2.36. The van der Waals surface area contributed by atoms with E-state index < -0.39 is 13.2 Å². The molecule has 0 bridgehead atoms. The minimum Gasteiger partial charge on any atom is -0.465 e. The number of carbonyl (C=O) groups is 1. The average Bonchev–Trinajstić information content (AvgIpc) is 2.65. The zero-order valence-electron chi connectivity index (χ0n) is 13.8. The van der Waals surface area contributed by atoms with Gasteiger partial charge >= 0.3 is 13.2 Å². The molecule has 1 aliphatic heterocycles. The van der Waals surface area contributed by atoms with Crippen LogP contribution in [0, 0.1) is 0 Å². The van der Waals surface area contributed by atoms with Gasteiger partial charge in [0.25, 0.3) is 0 Å². The fourth-order valence-electron chi connectivity index (χ4n) is 2.43. The standard InChI is InChI=1S/C16H24BNO4/c1-6-13(18-14(19)20)11-7-9-12(10-8-11)17-21-15(2,3)16(4,5)22-17/h7-10,13,18H,6H2,1-5H3,(H,19,20). The Hall–Kier alpha value is -1.53. The topological polar surface area (TPSA) is 67.8 Å². The summed E-state index contributed by atoms with van der Waals surface area (Å²) >= 11 is 0. The van der Waals surface area contributed by atoms with E-state index in [1.165, 1.54) is 0 Å². The van der Waals surface area contributed by atoms with E-state index in [4.69, 9.17) is 14.4 Å². The summed E-state index contributed by atoms with van der Waals surface area (Å²) in [5.41, 5.74) is 1.14. The molecule has 6 heteroatoms. The van der Waals surface area contributed by atoms with Crippen LogP contribution in [0.5, 0.6) is 0 Å². The SMILES string of the molecule is CCC(NC(=O)O)c1ccc(B2OC(C)(C)C(C)(C)O2)cc1. The highest BCUT2D eigenvalue weighted by atomic mass is 16.7. The molecule has 1 fully saturated rings. The summed E-state index contributed by atoms with van der Waals surface area (Å²) in [5.74, 6) is 0. The van der Waals surface area contributed by atoms with Crippen molar-refractivity contribution in [3.05, 3.63) is 29.8 Å². The maximum absolute atomic E-state index is 10.8. The molecule has 1 aromatic rings. The summed E-state index contributed by atoms with van der Waals surface area (Å²) in [7, 11) is -0.397. The molecule has 0 radical (unpaired) electrons. The first-order chi connectivity index (χ1) is 10.2. The van der Waals surface area contributed by atoms with Gasteiger partial charge in [-0.1, -0.05) is 31.2 Å². The maximum atomic E-state index is 10.8. The number of hydrogen-bond donors (Lipinski definition) is 2. The smallest absolute Gasteiger partial charge is 0.465 e. The number of nitrogens with one attached hydrogen (secondary N) is 1. The van der Waals surface area contributed by atoms with Crippen LogP contribution in [-0.2, 0) is 9.31 Å². The zero-order valence-corrected chi connectivity index (χ0v) is 13.8. The Morgan fingerprint density at radius 1 is 1.18 bits per heavy atom. The number of hydrogen-bond acceptors (Lipinski definition) is 3. The predicted octanol–water partition coefficient (Wildman–Crippen LogP) is 2.70. The van der Waals surface area contributed by atoms with Gasteiger partial charge in [-0.25, -0.2) is 4.79 Å². The van der Waals surface area contributed by atoms with Crippen molar-refractivity contribution >= 4 is 18.7 Å². The van der Waals surface area contributed by atoms with Gasteiger partial charge in [0.2, 0.25) is 0 Å². The van der Waals surface area contributed by atoms with Crippen LogP contribution in [0.15, 0.2) is 24.3 Å². The minimum absolute atomic E-state index is 0.204. The van der Waals surface area contributed by atoms with Gasteiger partial charge in [0.05, 0.1) is 17.2 Å². The van der Waals surface area contributed by atoms with Crippen molar-refractivity contribution in [2.75, 3.05) is 0 Å². The van der Waals surface area contributed by atoms with E-state index >= 15 is 0 Å². The zero-order chi connectivity index (χ0) is 16.5. The maximum Gasteiger partial charge on any atom is 0.494 e. The van der Waals surface area contributed by atoms with Crippen molar-refractivity contribution in [3.8, 4) is 0 Å². The van der Waals surface area contributed by atoms with Gasteiger partial charge in [0.1, 0.15) is 0 Å². The van der Waals surface area contributed by atoms with Crippen molar-refractivity contribution in [1.82, 2.24) is 5.32 Å². The summed E-state index contributed by atoms with van der Waals surface area (Å²) in [6, 6.07) is 7.51. The van der Waals surface area contributed by atoms with E-state index in [0.717, 1.165) is 11.0 Å². The quantitative estimate of drug-likeness (QED) is 0.839. The molecular weight excluding hydrogens is 281 g/mol. The molecule has 1 aliphatic rings. The lowest BCUT2D eigenvalue weighted by Crippen LogP contribution is -2.41. The Kier molecular flexibility index (Phi) is 4.54. The van der Waals surface area contributed by atoms with Crippen LogP contribution in [0.3, 0.4) is 0 Å². The Morgan fingerprint density at radius 3 is 2.09 bits per heavy atom. The fourth-order valence-corrected chi connectivity index (χ4v) is 2.43. The first kappa shape index (κ1) is 16.8. The van der Waals surface area contributed by atoms with Gasteiger partial charge < -0.3 is 19.7 Å². The first-order valence-corrected chi connectivity index (χ1v) is 7.61. The molecule has 1 heterocycles. The highest BCUT2D eigenvalue weighted by molar-refractivity contribution is 6.62. The molecule has 0 aliphatic carbocycles. The molecule has 2 rings (SSSR count). The predicted molar refractivity (Wildman–Crippen MR) is 86.4 cm³/mol. The molecule has 0 saturated carbocycles. The van der Waals surface area contributed by atoms with Gasteiger partial charge in [-0.3, -0.25) is 0 Å². The van der Waals surface area contributed by atoms with E-state index in [-0.39, 0.29) is 17.2 Å². The van der Waals surface area contributed by atoms with Crippen LogP contribution in [-0.4, -0.2) is 29.5 Å². The van der Waals surface area contributed by atoms with E-state index in [0.29, 0.717) is 6.42 Å². The molecule has 1 aromatic carbocycles. The minimum atomic E-state index is -1.01. The molecule has 120 valence electrons. The van der Waals surface area contributed by atoms with Crippen molar-refractivity contribution in [3.63, 3.8) is 0 Å². The number of benzene rings is 1. The molecule has 0 spiro atoms. The third kappa shape index (κ3) is 3.28. The van der Waals surface area contributed by atoms with E-state index in [1.807, 2.05) is 58.9 Å². The molecule has 2 N–H and O–H groups in total. The Balaban J connectivity index is 2.15. The monoisotopic (exact) mass is 305 g/mol. The Labute approximate surface area is 132 Å². The fraction of sp³-hybridized carbons (Fsp3) is 0.562. The molecule has 1 atom stereocenters. The van der Waals surface area contributed by atoms with Crippen LogP contribution in [0.1, 0.15) is 52.6 Å². The second-order valence-electron chi connectivity index (χ2n) is 6.67. The lowest BCUT2D eigenvalue weighted by molar-refractivity contribution is 0.00578. The lowest BCUT2D eigenvalue weighted by Gasteiger charge is -2.32. The van der Waals surface area contributed by atoms with Crippen molar-refractivity contribution in [2.45, 2.75) is 58.3 Å². The van der Waals surface area contributed by atoms with Crippen LogP contribution in [0.25, 0.3) is 0 Å². The second-order valence-corrected chi connectivity index (χ2v) is 6.67. The molecule has 22 heavy (non-hydrogen) atoms. The molecule has 1 saturated heterocycles. The largest absolute Gasteiger partial charge is 0.494 e.